The lowest BCUT2D eigenvalue weighted by molar-refractivity contribution is 0.326. The Bertz CT molecular complexity index is 362. The molecule has 0 radical (unpaired) electrons. The zero-order valence-electron chi connectivity index (χ0n) is 10.5. The third-order valence-electron chi connectivity index (χ3n) is 3.68. The van der Waals surface area contributed by atoms with E-state index in [1.165, 1.54) is 30.0 Å². The second-order valence-corrected chi connectivity index (χ2v) is 5.99. The number of hydrogen-bond acceptors (Lipinski definition) is 2. The molecule has 0 saturated heterocycles. The molecule has 1 aromatic carbocycles. The number of fused-ring (bicyclic) bond motifs is 1. The van der Waals surface area contributed by atoms with E-state index in [-0.39, 0.29) is 0 Å². The van der Waals surface area contributed by atoms with Gasteiger partial charge in [0.1, 0.15) is 0 Å². The molecule has 2 heteroatoms. The van der Waals surface area contributed by atoms with Gasteiger partial charge in [-0.25, -0.2) is 0 Å². The molecule has 88 valence electrons. The summed E-state index contributed by atoms with van der Waals surface area (Å²) in [7, 11) is 4.33. The summed E-state index contributed by atoms with van der Waals surface area (Å²) in [5.74, 6) is 1.26. The summed E-state index contributed by atoms with van der Waals surface area (Å²) in [6.45, 7) is 3.51. The van der Waals surface area contributed by atoms with Crippen LogP contribution in [0.5, 0.6) is 0 Å². The fraction of sp³-hybridized carbons (Fsp3) is 0.571. The Hall–Kier alpha value is -0.470. The first-order valence-electron chi connectivity index (χ1n) is 6.05. The van der Waals surface area contributed by atoms with Crippen LogP contribution >= 0.6 is 11.8 Å². The van der Waals surface area contributed by atoms with Gasteiger partial charge in [-0.3, -0.25) is 0 Å². The van der Waals surface area contributed by atoms with Gasteiger partial charge in [0.05, 0.1) is 0 Å². The first kappa shape index (κ1) is 12.0. The van der Waals surface area contributed by atoms with Gasteiger partial charge in [-0.05, 0) is 45.1 Å². The summed E-state index contributed by atoms with van der Waals surface area (Å²) in [6.07, 6.45) is 2.53. The van der Waals surface area contributed by atoms with Gasteiger partial charge in [0.15, 0.2) is 0 Å². The fourth-order valence-corrected chi connectivity index (χ4v) is 3.99. The molecule has 1 unspecified atom stereocenters. The second-order valence-electron chi connectivity index (χ2n) is 4.97. The highest BCUT2D eigenvalue weighted by Gasteiger charge is 2.37. The number of benzene rings is 1. The second kappa shape index (κ2) is 4.80. The molecule has 0 N–H and O–H groups in total. The summed E-state index contributed by atoms with van der Waals surface area (Å²) in [6, 6.07) is 8.94. The standard InChI is InChI=1S/C14H21NS/c1-4-14(9-10-15(2)3)11-16-13-8-6-5-7-12(13)14/h5-8H,4,9-11H2,1-3H3. The molecular formula is C14H21NS. The van der Waals surface area contributed by atoms with Gasteiger partial charge in [-0.15, -0.1) is 11.8 Å². The topological polar surface area (TPSA) is 3.24 Å². The predicted molar refractivity (Wildman–Crippen MR) is 72.3 cm³/mol. The van der Waals surface area contributed by atoms with Crippen LogP contribution in [-0.4, -0.2) is 31.3 Å². The summed E-state index contributed by atoms with van der Waals surface area (Å²) in [5.41, 5.74) is 2.01. The van der Waals surface area contributed by atoms with Crippen LogP contribution in [0.1, 0.15) is 25.3 Å². The Kier molecular flexibility index (Phi) is 3.60. The Balaban J connectivity index is 2.23. The lowest BCUT2D eigenvalue weighted by Gasteiger charge is -2.29. The average molecular weight is 235 g/mol. The summed E-state index contributed by atoms with van der Waals surface area (Å²) >= 11 is 2.03. The maximum Gasteiger partial charge on any atom is 0.0110 e. The van der Waals surface area contributed by atoms with Crippen molar-refractivity contribution in [3.8, 4) is 0 Å². The molecule has 0 amide bonds. The van der Waals surface area contributed by atoms with Crippen LogP contribution in [0.4, 0.5) is 0 Å². The molecule has 2 rings (SSSR count). The fourth-order valence-electron chi connectivity index (χ4n) is 2.44. The third kappa shape index (κ3) is 2.14. The summed E-state index contributed by atoms with van der Waals surface area (Å²) < 4.78 is 0. The minimum absolute atomic E-state index is 0.422. The Morgan fingerprint density at radius 3 is 2.75 bits per heavy atom. The van der Waals surface area contributed by atoms with Crippen molar-refractivity contribution in [1.29, 1.82) is 0 Å². The van der Waals surface area contributed by atoms with Crippen molar-refractivity contribution in [2.24, 2.45) is 0 Å². The summed E-state index contributed by atoms with van der Waals surface area (Å²) in [5, 5.41) is 0. The van der Waals surface area contributed by atoms with Crippen molar-refractivity contribution in [3.63, 3.8) is 0 Å². The lowest BCUT2D eigenvalue weighted by Crippen LogP contribution is -2.30. The van der Waals surface area contributed by atoms with E-state index in [1.54, 1.807) is 5.56 Å². The highest BCUT2D eigenvalue weighted by molar-refractivity contribution is 7.99. The SMILES string of the molecule is CCC1(CCN(C)C)CSc2ccccc21. The zero-order valence-corrected chi connectivity index (χ0v) is 11.3. The van der Waals surface area contributed by atoms with Gasteiger partial charge in [0, 0.05) is 16.1 Å². The third-order valence-corrected chi connectivity index (χ3v) is 5.04. The van der Waals surface area contributed by atoms with E-state index in [4.69, 9.17) is 0 Å². The van der Waals surface area contributed by atoms with E-state index in [2.05, 4.69) is 50.2 Å². The van der Waals surface area contributed by atoms with E-state index in [1.807, 2.05) is 11.8 Å². The van der Waals surface area contributed by atoms with Crippen LogP contribution in [0.15, 0.2) is 29.2 Å². The van der Waals surface area contributed by atoms with Crippen LogP contribution < -0.4 is 0 Å². The normalized spacial score (nSPS) is 23.8. The molecule has 1 heterocycles. The van der Waals surface area contributed by atoms with Gasteiger partial charge >= 0.3 is 0 Å². The van der Waals surface area contributed by atoms with Gasteiger partial charge in [-0.1, -0.05) is 25.1 Å². The van der Waals surface area contributed by atoms with Gasteiger partial charge in [0.25, 0.3) is 0 Å². The molecule has 0 aliphatic carbocycles. The lowest BCUT2D eigenvalue weighted by atomic mass is 9.77. The van der Waals surface area contributed by atoms with Crippen molar-refractivity contribution < 1.29 is 0 Å². The molecule has 0 aromatic heterocycles. The molecule has 1 atom stereocenters. The van der Waals surface area contributed by atoms with Crippen molar-refractivity contribution in [3.05, 3.63) is 29.8 Å². The van der Waals surface area contributed by atoms with Crippen LogP contribution in [-0.2, 0) is 5.41 Å². The van der Waals surface area contributed by atoms with Crippen molar-refractivity contribution in [2.45, 2.75) is 30.1 Å². The molecule has 1 nitrogen and oxygen atoms in total. The minimum Gasteiger partial charge on any atom is -0.309 e. The van der Waals surface area contributed by atoms with Gasteiger partial charge in [0.2, 0.25) is 0 Å². The van der Waals surface area contributed by atoms with E-state index in [9.17, 15) is 0 Å². The minimum atomic E-state index is 0.422. The molecule has 1 aliphatic rings. The number of hydrogen-bond donors (Lipinski definition) is 0. The molecule has 16 heavy (non-hydrogen) atoms. The van der Waals surface area contributed by atoms with E-state index in [0.717, 1.165) is 0 Å². The number of thioether (sulfide) groups is 1. The average Bonchev–Trinajstić information content (AvgIpc) is 2.66. The molecule has 1 aromatic rings. The first-order valence-corrected chi connectivity index (χ1v) is 7.03. The van der Waals surface area contributed by atoms with E-state index in [0.29, 0.717) is 5.41 Å². The first-order chi connectivity index (χ1) is 7.68. The van der Waals surface area contributed by atoms with Crippen molar-refractivity contribution >= 4 is 11.8 Å². The Labute approximate surface area is 103 Å². The smallest absolute Gasteiger partial charge is 0.0110 e. The molecule has 0 fully saturated rings. The molecule has 1 aliphatic heterocycles. The molecule has 0 spiro atoms. The highest BCUT2D eigenvalue weighted by atomic mass is 32.2. The Morgan fingerprint density at radius 2 is 2.06 bits per heavy atom. The van der Waals surface area contributed by atoms with Crippen molar-refractivity contribution in [2.75, 3.05) is 26.4 Å². The van der Waals surface area contributed by atoms with Crippen LogP contribution in [0.2, 0.25) is 0 Å². The predicted octanol–water partition coefficient (Wildman–Crippen LogP) is 3.39. The van der Waals surface area contributed by atoms with Gasteiger partial charge in [-0.2, -0.15) is 0 Å². The molecular weight excluding hydrogens is 214 g/mol. The quantitative estimate of drug-likeness (QED) is 0.787. The van der Waals surface area contributed by atoms with Crippen molar-refractivity contribution in [1.82, 2.24) is 4.90 Å². The highest BCUT2D eigenvalue weighted by Crippen LogP contribution is 2.47. The summed E-state index contributed by atoms with van der Waals surface area (Å²) in [4.78, 5) is 3.80. The van der Waals surface area contributed by atoms with Gasteiger partial charge < -0.3 is 4.90 Å². The maximum absolute atomic E-state index is 2.33. The largest absolute Gasteiger partial charge is 0.309 e. The van der Waals surface area contributed by atoms with Crippen LogP contribution in [0.25, 0.3) is 0 Å². The molecule has 0 saturated carbocycles. The monoisotopic (exact) mass is 235 g/mol. The molecule has 0 bridgehead atoms. The number of rotatable bonds is 4. The Morgan fingerprint density at radius 1 is 1.31 bits per heavy atom. The van der Waals surface area contributed by atoms with E-state index >= 15 is 0 Å². The zero-order chi connectivity index (χ0) is 11.6. The van der Waals surface area contributed by atoms with E-state index < -0.39 is 0 Å². The van der Waals surface area contributed by atoms with Crippen LogP contribution in [0, 0.1) is 0 Å². The van der Waals surface area contributed by atoms with Crippen LogP contribution in [0.3, 0.4) is 0 Å². The number of nitrogens with zero attached hydrogens (tertiary/aromatic N) is 1. The maximum atomic E-state index is 2.33.